The molecule has 1 fully saturated rings. The van der Waals surface area contributed by atoms with Crippen LogP contribution in [0.25, 0.3) is 0 Å². The van der Waals surface area contributed by atoms with Crippen molar-refractivity contribution < 1.29 is 18.3 Å². The average molecular weight is 280 g/mol. The summed E-state index contributed by atoms with van der Waals surface area (Å²) in [4.78, 5) is 7.08. The Kier molecular flexibility index (Phi) is 3.66. The predicted octanol–water partition coefficient (Wildman–Crippen LogP) is 2.34. The van der Waals surface area contributed by atoms with Crippen LogP contribution in [0, 0.1) is 6.92 Å². The summed E-state index contributed by atoms with van der Waals surface area (Å²) in [6.45, 7) is 3.02. The van der Waals surface area contributed by atoms with Gasteiger partial charge in [-0.05, 0) is 19.8 Å². The fourth-order valence-corrected chi connectivity index (χ4v) is 2.90. The third-order valence-corrected chi connectivity index (χ3v) is 4.16. The summed E-state index contributed by atoms with van der Waals surface area (Å²) in [5.41, 5.74) is -2.51. The monoisotopic (exact) mass is 280 g/mol. The fraction of sp³-hybridized carbons (Fsp3) is 0.727. The lowest BCUT2D eigenvalue weighted by molar-refractivity contribution is -0.272. The molecule has 18 heavy (non-hydrogen) atoms. The average Bonchev–Trinajstić information content (AvgIpc) is 2.66. The molecule has 0 bridgehead atoms. The maximum Gasteiger partial charge on any atom is 0.417 e. The largest absolute Gasteiger partial charge is 0.417 e. The quantitative estimate of drug-likeness (QED) is 0.903. The summed E-state index contributed by atoms with van der Waals surface area (Å²) >= 11 is 1.55. The number of aryl methyl sites for hydroxylation is 1. The van der Waals surface area contributed by atoms with E-state index in [1.54, 1.807) is 17.5 Å². The number of hydrogen-bond acceptors (Lipinski definition) is 4. The number of aliphatic hydroxyl groups is 1. The van der Waals surface area contributed by atoms with E-state index in [4.69, 9.17) is 0 Å². The van der Waals surface area contributed by atoms with Crippen molar-refractivity contribution in [3.05, 3.63) is 16.1 Å². The Morgan fingerprint density at radius 1 is 1.44 bits per heavy atom. The van der Waals surface area contributed by atoms with Crippen LogP contribution in [-0.2, 0) is 6.54 Å². The molecule has 0 radical (unpaired) electrons. The molecule has 1 aliphatic heterocycles. The molecule has 1 saturated heterocycles. The van der Waals surface area contributed by atoms with Gasteiger partial charge in [0.2, 0.25) is 0 Å². The minimum atomic E-state index is -4.53. The fourth-order valence-electron chi connectivity index (χ4n) is 2.06. The summed E-state index contributed by atoms with van der Waals surface area (Å²) in [6.07, 6.45) is -3.28. The van der Waals surface area contributed by atoms with E-state index >= 15 is 0 Å². The van der Waals surface area contributed by atoms with Crippen LogP contribution >= 0.6 is 11.3 Å². The lowest BCUT2D eigenvalue weighted by Gasteiger charge is -2.38. The topological polar surface area (TPSA) is 36.4 Å². The standard InChI is InChI=1S/C11H15F3N2OS/c1-8-15-6-9(18-8)7-16-4-2-10(17,3-5-16)11(12,13)14/h6,17H,2-5,7H2,1H3. The molecule has 0 spiro atoms. The van der Waals surface area contributed by atoms with Gasteiger partial charge in [0.25, 0.3) is 0 Å². The van der Waals surface area contributed by atoms with Crippen molar-refractivity contribution in [2.45, 2.75) is 38.1 Å². The van der Waals surface area contributed by atoms with Gasteiger partial charge in [-0.1, -0.05) is 0 Å². The van der Waals surface area contributed by atoms with Crippen LogP contribution in [0.4, 0.5) is 13.2 Å². The SMILES string of the molecule is Cc1ncc(CN2CCC(O)(C(F)(F)F)CC2)s1. The van der Waals surface area contributed by atoms with Gasteiger partial charge in [0.1, 0.15) is 0 Å². The second kappa shape index (κ2) is 4.79. The van der Waals surface area contributed by atoms with Crippen molar-refractivity contribution in [3.63, 3.8) is 0 Å². The maximum atomic E-state index is 12.6. The molecule has 3 nitrogen and oxygen atoms in total. The number of aromatic nitrogens is 1. The Morgan fingerprint density at radius 2 is 2.06 bits per heavy atom. The van der Waals surface area contributed by atoms with Gasteiger partial charge in [-0.2, -0.15) is 13.2 Å². The molecule has 0 amide bonds. The molecule has 0 saturated carbocycles. The maximum absolute atomic E-state index is 12.6. The Morgan fingerprint density at radius 3 is 2.50 bits per heavy atom. The van der Waals surface area contributed by atoms with Gasteiger partial charge >= 0.3 is 6.18 Å². The van der Waals surface area contributed by atoms with Crippen molar-refractivity contribution in [2.24, 2.45) is 0 Å². The molecule has 0 aromatic carbocycles. The zero-order valence-corrected chi connectivity index (χ0v) is 10.8. The molecule has 2 rings (SSSR count). The van der Waals surface area contributed by atoms with Gasteiger partial charge < -0.3 is 5.11 Å². The summed E-state index contributed by atoms with van der Waals surface area (Å²) in [5, 5.41) is 10.5. The van der Waals surface area contributed by atoms with E-state index in [0.717, 1.165) is 9.88 Å². The highest BCUT2D eigenvalue weighted by atomic mass is 32.1. The number of alkyl halides is 3. The molecular formula is C11H15F3N2OS. The van der Waals surface area contributed by atoms with Crippen LogP contribution in [0.15, 0.2) is 6.20 Å². The first-order valence-corrected chi connectivity index (χ1v) is 6.55. The van der Waals surface area contributed by atoms with Crippen LogP contribution in [0.3, 0.4) is 0 Å². The Balaban J connectivity index is 1.91. The molecule has 2 heterocycles. The molecule has 1 aromatic heterocycles. The number of nitrogens with zero attached hydrogens (tertiary/aromatic N) is 2. The van der Waals surface area contributed by atoms with Crippen LogP contribution in [0.1, 0.15) is 22.7 Å². The predicted molar refractivity (Wildman–Crippen MR) is 62.4 cm³/mol. The van der Waals surface area contributed by atoms with Crippen LogP contribution < -0.4 is 0 Å². The van der Waals surface area contributed by atoms with Crippen molar-refractivity contribution in [1.29, 1.82) is 0 Å². The molecule has 1 N–H and O–H groups in total. The molecule has 0 unspecified atom stereocenters. The van der Waals surface area contributed by atoms with E-state index in [2.05, 4.69) is 4.98 Å². The zero-order valence-electron chi connectivity index (χ0n) is 10.00. The summed E-state index contributed by atoms with van der Waals surface area (Å²) in [5.74, 6) is 0. The minimum absolute atomic E-state index is 0.256. The summed E-state index contributed by atoms with van der Waals surface area (Å²) < 4.78 is 37.8. The third kappa shape index (κ3) is 2.84. The number of likely N-dealkylation sites (tertiary alicyclic amines) is 1. The van der Waals surface area contributed by atoms with Crippen molar-refractivity contribution >= 4 is 11.3 Å². The highest BCUT2D eigenvalue weighted by Gasteiger charge is 2.54. The van der Waals surface area contributed by atoms with Crippen LogP contribution in [0.5, 0.6) is 0 Å². The van der Waals surface area contributed by atoms with E-state index in [9.17, 15) is 18.3 Å². The molecule has 0 aliphatic carbocycles. The highest BCUT2D eigenvalue weighted by molar-refractivity contribution is 7.11. The second-order valence-corrected chi connectivity index (χ2v) is 5.97. The van der Waals surface area contributed by atoms with Gasteiger partial charge in [0.05, 0.1) is 5.01 Å². The number of piperidine rings is 1. The van der Waals surface area contributed by atoms with Crippen LogP contribution in [0.2, 0.25) is 0 Å². The Bertz CT molecular complexity index is 411. The number of hydrogen-bond donors (Lipinski definition) is 1. The normalized spacial score (nSPS) is 21.2. The van der Waals surface area contributed by atoms with Crippen LogP contribution in [-0.4, -0.2) is 39.9 Å². The lowest BCUT2D eigenvalue weighted by atomic mass is 9.91. The molecule has 7 heteroatoms. The molecule has 1 aromatic rings. The first kappa shape index (κ1) is 13.8. The Hall–Kier alpha value is -0.660. The molecular weight excluding hydrogens is 265 g/mol. The number of thiazole rings is 1. The minimum Gasteiger partial charge on any atom is -0.380 e. The molecule has 0 atom stereocenters. The van der Waals surface area contributed by atoms with E-state index in [1.807, 2.05) is 11.8 Å². The molecule has 1 aliphatic rings. The van der Waals surface area contributed by atoms with E-state index in [1.165, 1.54) is 0 Å². The van der Waals surface area contributed by atoms with Gasteiger partial charge in [-0.15, -0.1) is 11.3 Å². The first-order chi connectivity index (χ1) is 8.30. The first-order valence-electron chi connectivity index (χ1n) is 5.73. The molecule has 102 valence electrons. The van der Waals surface area contributed by atoms with Gasteiger partial charge in [-0.3, -0.25) is 4.90 Å². The summed E-state index contributed by atoms with van der Waals surface area (Å²) in [6, 6.07) is 0. The summed E-state index contributed by atoms with van der Waals surface area (Å²) in [7, 11) is 0. The number of rotatable bonds is 2. The Labute approximate surface area is 107 Å². The van der Waals surface area contributed by atoms with Crippen molar-refractivity contribution in [3.8, 4) is 0 Å². The van der Waals surface area contributed by atoms with Gasteiger partial charge in [0, 0.05) is 30.7 Å². The van der Waals surface area contributed by atoms with Gasteiger partial charge in [-0.25, -0.2) is 4.98 Å². The second-order valence-electron chi connectivity index (χ2n) is 4.65. The lowest BCUT2D eigenvalue weighted by Crippen LogP contribution is -2.53. The number of halogens is 3. The zero-order chi connectivity index (χ0) is 13.4. The van der Waals surface area contributed by atoms with E-state index in [0.29, 0.717) is 6.54 Å². The smallest absolute Gasteiger partial charge is 0.380 e. The van der Waals surface area contributed by atoms with Crippen molar-refractivity contribution in [1.82, 2.24) is 9.88 Å². The van der Waals surface area contributed by atoms with Gasteiger partial charge in [0.15, 0.2) is 5.60 Å². The highest BCUT2D eigenvalue weighted by Crippen LogP contribution is 2.38. The van der Waals surface area contributed by atoms with E-state index < -0.39 is 11.8 Å². The van der Waals surface area contributed by atoms with Crippen molar-refractivity contribution in [2.75, 3.05) is 13.1 Å². The van der Waals surface area contributed by atoms with E-state index in [-0.39, 0.29) is 25.9 Å². The third-order valence-electron chi connectivity index (χ3n) is 3.26.